The topological polar surface area (TPSA) is 136 Å². The Hall–Kier alpha value is -4.31. The number of carbonyl (C=O) groups excluding carboxylic acids is 2. The summed E-state index contributed by atoms with van der Waals surface area (Å²) < 4.78 is 0. The molecule has 2 amide bonds. The van der Waals surface area contributed by atoms with Crippen molar-refractivity contribution >= 4 is 40.5 Å². The number of nitro benzene ring substituents is 2. The van der Waals surface area contributed by atoms with E-state index >= 15 is 0 Å². The molecule has 11 heteroatoms. The van der Waals surface area contributed by atoms with E-state index in [-0.39, 0.29) is 12.1 Å². The van der Waals surface area contributed by atoms with Gasteiger partial charge in [-0.3, -0.25) is 29.8 Å². The standard InChI is InChI=1S/C22H15ClN4O6/c23-15-6-7-19-18(10-15)21(13-4-2-1-3-5-13)25(12-20(28)24-19)22(29)14-8-16(26(30)31)11-17(9-14)27(32)33/h1-11,21H,12H2,(H,24,28)/t21-/m0/s1. The number of carbonyl (C=O) groups is 2. The summed E-state index contributed by atoms with van der Waals surface area (Å²) in [4.78, 5) is 48.4. The second kappa shape index (κ2) is 8.67. The fourth-order valence-corrected chi connectivity index (χ4v) is 3.94. The van der Waals surface area contributed by atoms with Crippen molar-refractivity contribution in [2.75, 3.05) is 11.9 Å². The van der Waals surface area contributed by atoms with E-state index in [4.69, 9.17) is 11.6 Å². The summed E-state index contributed by atoms with van der Waals surface area (Å²) in [5.74, 6) is -1.27. The first-order chi connectivity index (χ1) is 15.7. The Morgan fingerprint density at radius 3 is 2.21 bits per heavy atom. The lowest BCUT2D eigenvalue weighted by Crippen LogP contribution is -2.39. The normalized spacial score (nSPS) is 15.2. The average molecular weight is 467 g/mol. The number of fused-ring (bicyclic) bond motifs is 1. The number of hydrogen-bond donors (Lipinski definition) is 1. The predicted molar refractivity (Wildman–Crippen MR) is 119 cm³/mol. The first-order valence-corrected chi connectivity index (χ1v) is 10.0. The van der Waals surface area contributed by atoms with Crippen LogP contribution in [0.25, 0.3) is 0 Å². The molecule has 166 valence electrons. The van der Waals surface area contributed by atoms with Crippen LogP contribution in [0.1, 0.15) is 27.5 Å². The summed E-state index contributed by atoms with van der Waals surface area (Å²) >= 11 is 6.21. The van der Waals surface area contributed by atoms with Crippen LogP contribution in [0, 0.1) is 20.2 Å². The predicted octanol–water partition coefficient (Wildman–Crippen LogP) is 4.34. The lowest BCUT2D eigenvalue weighted by molar-refractivity contribution is -0.394. The summed E-state index contributed by atoms with van der Waals surface area (Å²) in [5, 5.41) is 25.7. The third-order valence-electron chi connectivity index (χ3n) is 5.16. The van der Waals surface area contributed by atoms with Crippen LogP contribution in [-0.4, -0.2) is 33.1 Å². The minimum absolute atomic E-state index is 0.282. The molecule has 0 bridgehead atoms. The lowest BCUT2D eigenvalue weighted by Gasteiger charge is -2.30. The van der Waals surface area contributed by atoms with E-state index in [1.54, 1.807) is 48.5 Å². The quantitative estimate of drug-likeness (QED) is 0.448. The molecule has 0 unspecified atom stereocenters. The number of amides is 2. The molecule has 0 radical (unpaired) electrons. The van der Waals surface area contributed by atoms with Gasteiger partial charge in [0, 0.05) is 28.4 Å². The summed E-state index contributed by atoms with van der Waals surface area (Å²) in [6.45, 7) is -0.388. The van der Waals surface area contributed by atoms with E-state index < -0.39 is 39.1 Å². The Kier molecular flexibility index (Phi) is 5.76. The highest BCUT2D eigenvalue weighted by molar-refractivity contribution is 6.30. The molecular formula is C22H15ClN4O6. The van der Waals surface area contributed by atoms with Gasteiger partial charge in [0.1, 0.15) is 6.54 Å². The third kappa shape index (κ3) is 4.37. The third-order valence-corrected chi connectivity index (χ3v) is 5.39. The van der Waals surface area contributed by atoms with Gasteiger partial charge in [0.2, 0.25) is 5.91 Å². The summed E-state index contributed by atoms with van der Waals surface area (Å²) in [6, 6.07) is 15.6. The maximum atomic E-state index is 13.6. The zero-order valence-corrected chi connectivity index (χ0v) is 17.6. The smallest absolute Gasteiger partial charge is 0.277 e. The molecule has 3 aromatic rings. The molecule has 1 aliphatic rings. The number of benzene rings is 3. The number of nitro groups is 2. The summed E-state index contributed by atoms with van der Waals surface area (Å²) in [5.41, 5.74) is 0.158. The number of nitrogens with one attached hydrogen (secondary N) is 1. The Morgan fingerprint density at radius 2 is 1.61 bits per heavy atom. The van der Waals surface area contributed by atoms with Gasteiger partial charge >= 0.3 is 0 Å². The zero-order chi connectivity index (χ0) is 23.7. The molecule has 3 aromatic carbocycles. The number of hydrogen-bond acceptors (Lipinski definition) is 6. The highest BCUT2D eigenvalue weighted by Crippen LogP contribution is 2.38. The molecule has 33 heavy (non-hydrogen) atoms. The van der Waals surface area contributed by atoms with Gasteiger partial charge in [-0.2, -0.15) is 0 Å². The summed E-state index contributed by atoms with van der Waals surface area (Å²) in [7, 11) is 0. The van der Waals surface area contributed by atoms with Crippen molar-refractivity contribution in [3.63, 3.8) is 0 Å². The molecule has 0 aliphatic carbocycles. The van der Waals surface area contributed by atoms with E-state index in [1.807, 2.05) is 0 Å². The van der Waals surface area contributed by atoms with Gasteiger partial charge in [0.15, 0.2) is 0 Å². The van der Waals surface area contributed by atoms with Gasteiger partial charge in [-0.1, -0.05) is 41.9 Å². The van der Waals surface area contributed by atoms with Crippen molar-refractivity contribution in [1.82, 2.24) is 4.90 Å². The van der Waals surface area contributed by atoms with Crippen molar-refractivity contribution in [3.8, 4) is 0 Å². The maximum Gasteiger partial charge on any atom is 0.277 e. The highest BCUT2D eigenvalue weighted by atomic mass is 35.5. The highest BCUT2D eigenvalue weighted by Gasteiger charge is 2.35. The summed E-state index contributed by atoms with van der Waals surface area (Å²) in [6.07, 6.45) is 0. The Bertz CT molecular complexity index is 1270. The largest absolute Gasteiger partial charge is 0.324 e. The van der Waals surface area contributed by atoms with Crippen molar-refractivity contribution < 1.29 is 19.4 Å². The van der Waals surface area contributed by atoms with Crippen molar-refractivity contribution in [3.05, 3.63) is 109 Å². The second-order valence-electron chi connectivity index (χ2n) is 7.28. The molecule has 1 N–H and O–H groups in total. The zero-order valence-electron chi connectivity index (χ0n) is 16.8. The van der Waals surface area contributed by atoms with E-state index in [1.165, 1.54) is 4.90 Å². The van der Waals surface area contributed by atoms with E-state index in [0.717, 1.165) is 18.2 Å². The lowest BCUT2D eigenvalue weighted by atomic mass is 9.95. The second-order valence-corrected chi connectivity index (χ2v) is 7.71. The van der Waals surface area contributed by atoms with Crippen LogP contribution < -0.4 is 5.32 Å². The van der Waals surface area contributed by atoms with Gasteiger partial charge in [0.05, 0.1) is 27.5 Å². The van der Waals surface area contributed by atoms with Crippen LogP contribution in [0.4, 0.5) is 17.1 Å². The van der Waals surface area contributed by atoms with Crippen LogP contribution in [0.15, 0.2) is 66.7 Å². The molecule has 4 rings (SSSR count). The monoisotopic (exact) mass is 466 g/mol. The van der Waals surface area contributed by atoms with Gasteiger partial charge < -0.3 is 10.2 Å². The number of rotatable bonds is 4. The van der Waals surface area contributed by atoms with Gasteiger partial charge in [-0.05, 0) is 23.8 Å². The van der Waals surface area contributed by atoms with E-state index in [9.17, 15) is 29.8 Å². The minimum atomic E-state index is -0.817. The van der Waals surface area contributed by atoms with E-state index in [2.05, 4.69) is 5.32 Å². The molecule has 1 atom stereocenters. The van der Waals surface area contributed by atoms with Crippen LogP contribution in [0.3, 0.4) is 0 Å². The molecule has 1 aliphatic heterocycles. The Balaban J connectivity index is 1.91. The first-order valence-electron chi connectivity index (χ1n) is 9.63. The molecule has 1 heterocycles. The van der Waals surface area contributed by atoms with Crippen molar-refractivity contribution in [2.45, 2.75) is 6.04 Å². The first kappa shape index (κ1) is 21.9. The number of halogens is 1. The van der Waals surface area contributed by atoms with Crippen molar-refractivity contribution in [1.29, 1.82) is 0 Å². The Morgan fingerprint density at radius 1 is 0.970 bits per heavy atom. The van der Waals surface area contributed by atoms with Crippen LogP contribution in [0.5, 0.6) is 0 Å². The molecule has 0 aromatic heterocycles. The molecular weight excluding hydrogens is 452 g/mol. The fourth-order valence-electron chi connectivity index (χ4n) is 3.76. The average Bonchev–Trinajstić information content (AvgIpc) is 2.94. The van der Waals surface area contributed by atoms with E-state index in [0.29, 0.717) is 21.8 Å². The maximum absolute atomic E-state index is 13.6. The molecule has 0 saturated heterocycles. The molecule has 0 saturated carbocycles. The van der Waals surface area contributed by atoms with Gasteiger partial charge in [-0.25, -0.2) is 0 Å². The van der Waals surface area contributed by atoms with Crippen LogP contribution >= 0.6 is 11.6 Å². The number of non-ortho nitro benzene ring substituents is 2. The molecule has 0 spiro atoms. The SMILES string of the molecule is O=C1CN(C(=O)c2cc([N+](=O)[O-])cc([N+](=O)[O-])c2)[C@@H](c2ccccc2)c2cc(Cl)ccc2N1. The van der Waals surface area contributed by atoms with Crippen LogP contribution in [-0.2, 0) is 4.79 Å². The minimum Gasteiger partial charge on any atom is -0.324 e. The Labute approximate surface area is 191 Å². The van der Waals surface area contributed by atoms with Crippen LogP contribution in [0.2, 0.25) is 5.02 Å². The fraction of sp³-hybridized carbons (Fsp3) is 0.0909. The van der Waals surface area contributed by atoms with Crippen molar-refractivity contribution in [2.24, 2.45) is 0 Å². The number of anilines is 1. The number of nitrogens with zero attached hydrogens (tertiary/aromatic N) is 3. The molecule has 0 fully saturated rings. The van der Waals surface area contributed by atoms with Gasteiger partial charge in [0.25, 0.3) is 17.3 Å². The van der Waals surface area contributed by atoms with Gasteiger partial charge in [-0.15, -0.1) is 0 Å². The molecule has 10 nitrogen and oxygen atoms in total.